The molecular formula is C10H14BrNS. The molecule has 0 saturated heterocycles. The minimum absolute atomic E-state index is 0.599. The number of halogens is 1. The zero-order chi connectivity index (χ0) is 9.84. The number of nitrogens with zero attached hydrogens (tertiary/aromatic N) is 1. The van der Waals surface area contributed by atoms with E-state index in [9.17, 15) is 0 Å². The van der Waals surface area contributed by atoms with Crippen LogP contribution in [0.5, 0.6) is 0 Å². The maximum atomic E-state index is 4.22. The lowest BCUT2D eigenvalue weighted by molar-refractivity contribution is 0.781. The Morgan fingerprint density at radius 3 is 2.77 bits per heavy atom. The van der Waals surface area contributed by atoms with Gasteiger partial charge in [0.05, 0.1) is 5.01 Å². The average molecular weight is 260 g/mol. The van der Waals surface area contributed by atoms with Gasteiger partial charge in [-0.2, -0.15) is 0 Å². The summed E-state index contributed by atoms with van der Waals surface area (Å²) in [5, 5.41) is 2.07. The lowest BCUT2D eigenvalue weighted by Crippen LogP contribution is -1.93. The maximum absolute atomic E-state index is 4.22. The predicted octanol–water partition coefficient (Wildman–Crippen LogP) is 3.89. The molecule has 0 aliphatic rings. The standard InChI is InChI=1S/C10H14BrNS/c1-7(2)9(5-11)4-10-6-12-8(3)13-10/h4,6-7H,5H2,1-3H3. The normalized spacial score (nSPS) is 12.5. The van der Waals surface area contributed by atoms with Gasteiger partial charge in [-0.1, -0.05) is 35.4 Å². The van der Waals surface area contributed by atoms with Crippen LogP contribution in [-0.4, -0.2) is 10.3 Å². The van der Waals surface area contributed by atoms with Crippen LogP contribution in [0.3, 0.4) is 0 Å². The summed E-state index contributed by atoms with van der Waals surface area (Å²) in [4.78, 5) is 5.47. The molecule has 0 aromatic carbocycles. The van der Waals surface area contributed by atoms with E-state index in [4.69, 9.17) is 0 Å². The molecule has 0 atom stereocenters. The van der Waals surface area contributed by atoms with E-state index >= 15 is 0 Å². The summed E-state index contributed by atoms with van der Waals surface area (Å²) in [5.74, 6) is 0.599. The number of hydrogen-bond donors (Lipinski definition) is 0. The number of allylic oxidation sites excluding steroid dienone is 1. The van der Waals surface area contributed by atoms with Crippen molar-refractivity contribution in [3.05, 3.63) is 21.7 Å². The van der Waals surface area contributed by atoms with Gasteiger partial charge < -0.3 is 0 Å². The van der Waals surface area contributed by atoms with Crippen molar-refractivity contribution in [2.75, 3.05) is 5.33 Å². The molecule has 0 radical (unpaired) electrons. The molecule has 0 saturated carbocycles. The minimum atomic E-state index is 0.599. The first-order valence-electron chi connectivity index (χ1n) is 4.32. The summed E-state index contributed by atoms with van der Waals surface area (Å²) in [6.45, 7) is 6.45. The van der Waals surface area contributed by atoms with Gasteiger partial charge in [-0.25, -0.2) is 4.98 Å². The van der Waals surface area contributed by atoms with E-state index in [-0.39, 0.29) is 0 Å². The topological polar surface area (TPSA) is 12.9 Å². The second-order valence-electron chi connectivity index (χ2n) is 3.29. The minimum Gasteiger partial charge on any atom is -0.249 e. The van der Waals surface area contributed by atoms with Crippen LogP contribution >= 0.6 is 27.3 Å². The molecule has 0 aliphatic heterocycles. The van der Waals surface area contributed by atoms with Gasteiger partial charge in [0.2, 0.25) is 0 Å². The third-order valence-electron chi connectivity index (χ3n) is 1.86. The zero-order valence-electron chi connectivity index (χ0n) is 8.17. The molecule has 1 aromatic rings. The smallest absolute Gasteiger partial charge is 0.0900 e. The summed E-state index contributed by atoms with van der Waals surface area (Å²) < 4.78 is 0. The van der Waals surface area contributed by atoms with E-state index in [1.54, 1.807) is 11.3 Å². The molecule has 1 aromatic heterocycles. The van der Waals surface area contributed by atoms with Crippen LogP contribution in [0.25, 0.3) is 6.08 Å². The van der Waals surface area contributed by atoms with Gasteiger partial charge in [0.25, 0.3) is 0 Å². The number of hydrogen-bond acceptors (Lipinski definition) is 2. The Kier molecular flexibility index (Phi) is 4.13. The number of aromatic nitrogens is 1. The highest BCUT2D eigenvalue weighted by Crippen LogP contribution is 2.20. The van der Waals surface area contributed by atoms with Crippen LogP contribution in [0.4, 0.5) is 0 Å². The maximum Gasteiger partial charge on any atom is 0.0900 e. The number of thiazole rings is 1. The third-order valence-corrected chi connectivity index (χ3v) is 3.37. The van der Waals surface area contributed by atoms with E-state index in [0.717, 1.165) is 10.3 Å². The number of alkyl halides is 1. The van der Waals surface area contributed by atoms with Gasteiger partial charge >= 0.3 is 0 Å². The van der Waals surface area contributed by atoms with Crippen LogP contribution < -0.4 is 0 Å². The van der Waals surface area contributed by atoms with Gasteiger partial charge in [-0.05, 0) is 18.9 Å². The van der Waals surface area contributed by atoms with E-state index in [0.29, 0.717) is 5.92 Å². The Bertz CT molecular complexity index is 302. The quantitative estimate of drug-likeness (QED) is 0.751. The highest BCUT2D eigenvalue weighted by atomic mass is 79.9. The van der Waals surface area contributed by atoms with Gasteiger partial charge in [0.1, 0.15) is 0 Å². The first-order chi connectivity index (χ1) is 6.13. The van der Waals surface area contributed by atoms with Crippen molar-refractivity contribution in [1.29, 1.82) is 0 Å². The molecule has 0 N–H and O–H groups in total. The van der Waals surface area contributed by atoms with Gasteiger partial charge in [0, 0.05) is 16.4 Å². The van der Waals surface area contributed by atoms with Gasteiger partial charge in [0.15, 0.2) is 0 Å². The Morgan fingerprint density at radius 1 is 1.69 bits per heavy atom. The van der Waals surface area contributed by atoms with Crippen molar-refractivity contribution in [2.45, 2.75) is 20.8 Å². The van der Waals surface area contributed by atoms with Crippen molar-refractivity contribution < 1.29 is 0 Å². The molecule has 3 heteroatoms. The SMILES string of the molecule is Cc1ncc(C=C(CBr)C(C)C)s1. The molecule has 1 rings (SSSR count). The largest absolute Gasteiger partial charge is 0.249 e. The van der Waals surface area contributed by atoms with Crippen molar-refractivity contribution in [2.24, 2.45) is 5.92 Å². The van der Waals surface area contributed by atoms with Crippen LogP contribution in [-0.2, 0) is 0 Å². The third kappa shape index (κ3) is 3.24. The Hall–Kier alpha value is -0.150. The molecule has 0 unspecified atom stereocenters. The Balaban J connectivity index is 2.84. The Labute approximate surface area is 92.0 Å². The van der Waals surface area contributed by atoms with Crippen LogP contribution in [0.1, 0.15) is 23.7 Å². The molecule has 13 heavy (non-hydrogen) atoms. The fourth-order valence-electron chi connectivity index (χ4n) is 0.987. The first kappa shape index (κ1) is 10.9. The van der Waals surface area contributed by atoms with Crippen LogP contribution in [0, 0.1) is 12.8 Å². The summed E-state index contributed by atoms with van der Waals surface area (Å²) in [6, 6.07) is 0. The molecule has 0 aliphatic carbocycles. The molecule has 0 bridgehead atoms. The highest BCUT2D eigenvalue weighted by molar-refractivity contribution is 9.09. The second-order valence-corrected chi connectivity index (χ2v) is 5.12. The molecule has 1 heterocycles. The predicted molar refractivity (Wildman–Crippen MR) is 63.5 cm³/mol. The van der Waals surface area contributed by atoms with E-state index in [1.165, 1.54) is 10.5 Å². The van der Waals surface area contributed by atoms with Crippen molar-refractivity contribution in [3.8, 4) is 0 Å². The molecular weight excluding hydrogens is 246 g/mol. The lowest BCUT2D eigenvalue weighted by atomic mass is 10.1. The summed E-state index contributed by atoms with van der Waals surface area (Å²) >= 11 is 5.24. The van der Waals surface area contributed by atoms with E-state index in [1.807, 2.05) is 13.1 Å². The highest BCUT2D eigenvalue weighted by Gasteiger charge is 2.02. The van der Waals surface area contributed by atoms with Crippen molar-refractivity contribution >= 4 is 33.3 Å². The molecule has 72 valence electrons. The molecule has 1 nitrogen and oxygen atoms in total. The number of rotatable bonds is 3. The molecule has 0 fully saturated rings. The summed E-state index contributed by atoms with van der Waals surface area (Å²) in [6.07, 6.45) is 4.16. The zero-order valence-corrected chi connectivity index (χ0v) is 10.6. The Morgan fingerprint density at radius 2 is 2.38 bits per heavy atom. The fourth-order valence-corrected chi connectivity index (χ4v) is 2.56. The summed E-state index contributed by atoms with van der Waals surface area (Å²) in [7, 11) is 0. The van der Waals surface area contributed by atoms with Crippen LogP contribution in [0.2, 0.25) is 0 Å². The molecule has 0 amide bonds. The molecule has 0 spiro atoms. The summed E-state index contributed by atoms with van der Waals surface area (Å²) in [5.41, 5.74) is 1.42. The van der Waals surface area contributed by atoms with Crippen molar-refractivity contribution in [1.82, 2.24) is 4.98 Å². The van der Waals surface area contributed by atoms with E-state index < -0.39 is 0 Å². The van der Waals surface area contributed by atoms with Gasteiger partial charge in [-0.15, -0.1) is 11.3 Å². The fraction of sp³-hybridized carbons (Fsp3) is 0.500. The first-order valence-corrected chi connectivity index (χ1v) is 6.26. The van der Waals surface area contributed by atoms with E-state index in [2.05, 4.69) is 40.8 Å². The monoisotopic (exact) mass is 259 g/mol. The lowest BCUT2D eigenvalue weighted by Gasteiger charge is -2.06. The van der Waals surface area contributed by atoms with Gasteiger partial charge in [-0.3, -0.25) is 0 Å². The number of aryl methyl sites for hydroxylation is 1. The average Bonchev–Trinajstić information content (AvgIpc) is 2.46. The van der Waals surface area contributed by atoms with Crippen LogP contribution in [0.15, 0.2) is 11.8 Å². The van der Waals surface area contributed by atoms with Crippen molar-refractivity contribution in [3.63, 3.8) is 0 Å². The second kappa shape index (κ2) is 4.91.